The molecule has 2 heterocycles. The molecule has 5 heteroatoms. The minimum Gasteiger partial charge on any atom is -0.496 e. The first-order valence-electron chi connectivity index (χ1n) is 8.31. The van der Waals surface area contributed by atoms with Gasteiger partial charge in [0.25, 0.3) is 0 Å². The van der Waals surface area contributed by atoms with E-state index in [4.69, 9.17) is 4.74 Å². The van der Waals surface area contributed by atoms with Crippen molar-refractivity contribution in [2.24, 2.45) is 0 Å². The molecule has 1 unspecified atom stereocenters. The third-order valence-electron chi connectivity index (χ3n) is 4.44. The van der Waals surface area contributed by atoms with E-state index in [1.165, 1.54) is 0 Å². The Hall–Kier alpha value is -2.40. The summed E-state index contributed by atoms with van der Waals surface area (Å²) in [5.41, 5.74) is 2.20. The predicted octanol–water partition coefficient (Wildman–Crippen LogP) is 2.20. The number of ether oxygens (including phenoxy) is 1. The topological polar surface area (TPSA) is 54.5 Å². The smallest absolute Gasteiger partial charge is 0.223 e. The maximum atomic E-state index is 12.8. The molecule has 1 aliphatic heterocycles. The Morgan fingerprint density at radius 2 is 2.08 bits per heavy atom. The molecule has 0 spiro atoms. The summed E-state index contributed by atoms with van der Waals surface area (Å²) in [6.45, 7) is 2.30. The summed E-state index contributed by atoms with van der Waals surface area (Å²) in [5.74, 6) is 1.02. The van der Waals surface area contributed by atoms with Crippen LogP contribution in [0.4, 0.5) is 0 Å². The number of nitrogens with one attached hydrogen (secondary N) is 1. The zero-order valence-electron chi connectivity index (χ0n) is 13.9. The molecular formula is C19H23N3O2. The van der Waals surface area contributed by atoms with E-state index in [2.05, 4.69) is 10.3 Å². The van der Waals surface area contributed by atoms with E-state index in [1.807, 2.05) is 41.3 Å². The molecule has 1 saturated heterocycles. The summed E-state index contributed by atoms with van der Waals surface area (Å²) in [7, 11) is 1.67. The molecule has 0 bridgehead atoms. The Morgan fingerprint density at radius 3 is 2.88 bits per heavy atom. The summed E-state index contributed by atoms with van der Waals surface area (Å²) in [6.07, 6.45) is 4.78. The fraction of sp³-hybridized carbons (Fsp3) is 0.368. The molecule has 1 atom stereocenters. The highest BCUT2D eigenvalue weighted by molar-refractivity contribution is 5.77. The van der Waals surface area contributed by atoms with Crippen molar-refractivity contribution >= 4 is 5.91 Å². The van der Waals surface area contributed by atoms with E-state index in [9.17, 15) is 4.79 Å². The quantitative estimate of drug-likeness (QED) is 0.916. The van der Waals surface area contributed by atoms with Gasteiger partial charge in [0.2, 0.25) is 5.91 Å². The number of nitrogens with zero attached hydrogens (tertiary/aromatic N) is 2. The molecule has 126 valence electrons. The van der Waals surface area contributed by atoms with Gasteiger partial charge in [-0.1, -0.05) is 18.2 Å². The number of carbonyl (C=O) groups is 1. The Labute approximate surface area is 142 Å². The summed E-state index contributed by atoms with van der Waals surface area (Å²) in [4.78, 5) is 18.8. The van der Waals surface area contributed by atoms with Crippen LogP contribution in [0.15, 0.2) is 48.8 Å². The van der Waals surface area contributed by atoms with E-state index < -0.39 is 0 Å². The molecular weight excluding hydrogens is 302 g/mol. The lowest BCUT2D eigenvalue weighted by molar-refractivity contribution is -0.134. The minimum atomic E-state index is 0.0137. The van der Waals surface area contributed by atoms with Gasteiger partial charge in [0, 0.05) is 44.0 Å². The van der Waals surface area contributed by atoms with Crippen LogP contribution in [0.3, 0.4) is 0 Å². The fourth-order valence-electron chi connectivity index (χ4n) is 3.17. The highest BCUT2D eigenvalue weighted by atomic mass is 16.5. The van der Waals surface area contributed by atoms with Gasteiger partial charge in [0.1, 0.15) is 5.75 Å². The minimum absolute atomic E-state index is 0.0137. The average Bonchev–Trinajstić information content (AvgIpc) is 2.67. The zero-order valence-corrected chi connectivity index (χ0v) is 13.9. The van der Waals surface area contributed by atoms with Crippen LogP contribution in [0.1, 0.15) is 23.6 Å². The largest absolute Gasteiger partial charge is 0.496 e. The van der Waals surface area contributed by atoms with Crippen LogP contribution in [0.2, 0.25) is 0 Å². The maximum absolute atomic E-state index is 12.8. The number of benzene rings is 1. The molecule has 1 fully saturated rings. The van der Waals surface area contributed by atoms with E-state index in [-0.39, 0.29) is 11.9 Å². The molecule has 2 aromatic rings. The van der Waals surface area contributed by atoms with Crippen LogP contribution in [0.5, 0.6) is 5.75 Å². The zero-order chi connectivity index (χ0) is 16.8. The summed E-state index contributed by atoms with van der Waals surface area (Å²) < 4.78 is 5.48. The number of aryl methyl sites for hydroxylation is 1. The molecule has 0 saturated carbocycles. The Kier molecular flexibility index (Phi) is 5.43. The number of rotatable bonds is 5. The normalized spacial score (nSPS) is 17.5. The van der Waals surface area contributed by atoms with Crippen LogP contribution in [0, 0.1) is 0 Å². The van der Waals surface area contributed by atoms with Gasteiger partial charge < -0.3 is 15.0 Å². The first-order valence-corrected chi connectivity index (χ1v) is 8.31. The van der Waals surface area contributed by atoms with Gasteiger partial charge in [0.05, 0.1) is 13.2 Å². The number of hydrogen-bond donors (Lipinski definition) is 1. The summed E-state index contributed by atoms with van der Waals surface area (Å²) in [5, 5.41) is 3.39. The highest BCUT2D eigenvalue weighted by Gasteiger charge is 2.29. The lowest BCUT2D eigenvalue weighted by Gasteiger charge is -2.37. The van der Waals surface area contributed by atoms with Crippen molar-refractivity contribution in [3.63, 3.8) is 0 Å². The number of carbonyl (C=O) groups excluding carboxylic acids is 1. The number of hydrogen-bond acceptors (Lipinski definition) is 4. The molecule has 0 radical (unpaired) electrons. The molecule has 1 aromatic carbocycles. The monoisotopic (exact) mass is 325 g/mol. The molecule has 3 rings (SSSR count). The molecule has 1 N–H and O–H groups in total. The molecule has 5 nitrogen and oxygen atoms in total. The number of methoxy groups -OCH3 is 1. The SMILES string of the molecule is COc1ccccc1C1CNCCN1C(=O)CCc1ccncc1. The van der Waals surface area contributed by atoms with Gasteiger partial charge >= 0.3 is 0 Å². The van der Waals surface area contributed by atoms with Gasteiger partial charge in [-0.15, -0.1) is 0 Å². The van der Waals surface area contributed by atoms with Gasteiger partial charge in [-0.2, -0.15) is 0 Å². The predicted molar refractivity (Wildman–Crippen MR) is 92.9 cm³/mol. The number of piperazine rings is 1. The van der Waals surface area contributed by atoms with Crippen molar-refractivity contribution in [2.45, 2.75) is 18.9 Å². The van der Waals surface area contributed by atoms with E-state index in [0.717, 1.165) is 42.9 Å². The van der Waals surface area contributed by atoms with Crippen molar-refractivity contribution in [2.75, 3.05) is 26.7 Å². The van der Waals surface area contributed by atoms with Crippen molar-refractivity contribution < 1.29 is 9.53 Å². The standard InChI is InChI=1S/C19H23N3O2/c1-24-18-5-3-2-4-16(18)17-14-21-12-13-22(17)19(23)7-6-15-8-10-20-11-9-15/h2-5,8-11,17,21H,6-7,12-14H2,1H3. The van der Waals surface area contributed by atoms with Crippen LogP contribution < -0.4 is 10.1 Å². The molecule has 1 aromatic heterocycles. The Bertz CT molecular complexity index is 675. The molecule has 0 aliphatic carbocycles. The van der Waals surface area contributed by atoms with Crippen molar-refractivity contribution in [3.05, 3.63) is 59.9 Å². The third kappa shape index (κ3) is 3.74. The molecule has 1 aliphatic rings. The van der Waals surface area contributed by atoms with E-state index >= 15 is 0 Å². The summed E-state index contributed by atoms with van der Waals surface area (Å²) >= 11 is 0. The number of aromatic nitrogens is 1. The first-order chi connectivity index (χ1) is 11.8. The number of pyridine rings is 1. The van der Waals surface area contributed by atoms with Gasteiger partial charge in [-0.25, -0.2) is 0 Å². The van der Waals surface area contributed by atoms with Crippen LogP contribution in [-0.4, -0.2) is 42.5 Å². The van der Waals surface area contributed by atoms with Gasteiger partial charge in [-0.05, 0) is 30.2 Å². The van der Waals surface area contributed by atoms with E-state index in [1.54, 1.807) is 19.5 Å². The van der Waals surface area contributed by atoms with Crippen molar-refractivity contribution in [1.29, 1.82) is 0 Å². The number of amides is 1. The molecule has 1 amide bonds. The second-order valence-electron chi connectivity index (χ2n) is 5.90. The average molecular weight is 325 g/mol. The fourth-order valence-corrected chi connectivity index (χ4v) is 3.17. The van der Waals surface area contributed by atoms with E-state index in [0.29, 0.717) is 6.42 Å². The lowest BCUT2D eigenvalue weighted by Crippen LogP contribution is -2.48. The first kappa shape index (κ1) is 16.5. The lowest BCUT2D eigenvalue weighted by atomic mass is 10.0. The second-order valence-corrected chi connectivity index (χ2v) is 5.90. The second kappa shape index (κ2) is 7.93. The molecule has 24 heavy (non-hydrogen) atoms. The maximum Gasteiger partial charge on any atom is 0.223 e. The summed E-state index contributed by atoms with van der Waals surface area (Å²) in [6, 6.07) is 11.9. The van der Waals surface area contributed by atoms with Crippen LogP contribution in [-0.2, 0) is 11.2 Å². The number of para-hydroxylation sites is 1. The van der Waals surface area contributed by atoms with Crippen molar-refractivity contribution in [3.8, 4) is 5.75 Å². The van der Waals surface area contributed by atoms with Crippen LogP contribution in [0.25, 0.3) is 0 Å². The Morgan fingerprint density at radius 1 is 1.29 bits per heavy atom. The van der Waals surface area contributed by atoms with Crippen molar-refractivity contribution in [1.82, 2.24) is 15.2 Å². The van der Waals surface area contributed by atoms with Crippen LogP contribution >= 0.6 is 0 Å². The van der Waals surface area contributed by atoms with Gasteiger partial charge in [0.15, 0.2) is 0 Å². The van der Waals surface area contributed by atoms with Gasteiger partial charge in [-0.3, -0.25) is 9.78 Å². The Balaban J connectivity index is 1.73. The highest BCUT2D eigenvalue weighted by Crippen LogP contribution is 2.30. The third-order valence-corrected chi connectivity index (χ3v) is 4.44.